The second-order valence-corrected chi connectivity index (χ2v) is 9.16. The maximum Gasteiger partial charge on any atom is 0.265 e. The number of amides is 1. The molecule has 9 heteroatoms. The molecule has 2 aromatic rings. The second-order valence-electron chi connectivity index (χ2n) is 8.15. The first-order valence-corrected chi connectivity index (χ1v) is 11.8. The number of anilines is 1. The molecule has 0 unspecified atom stereocenters. The lowest BCUT2D eigenvalue weighted by atomic mass is 10.1. The van der Waals surface area contributed by atoms with Crippen LogP contribution >= 0.6 is 11.3 Å². The molecule has 4 heterocycles. The SMILES string of the molecule is C[C@@H](c1ccc2c(c1)OCCO2)N1CCN(c2ncc(C(=O)N3CCNCC3)s2)CC1. The largest absolute Gasteiger partial charge is 0.486 e. The van der Waals surface area contributed by atoms with Crippen molar-refractivity contribution in [2.45, 2.75) is 13.0 Å². The van der Waals surface area contributed by atoms with Gasteiger partial charge in [0.15, 0.2) is 16.6 Å². The van der Waals surface area contributed by atoms with Crippen LogP contribution in [0.1, 0.15) is 28.2 Å². The predicted octanol–water partition coefficient (Wildman–Crippen LogP) is 1.84. The smallest absolute Gasteiger partial charge is 0.265 e. The average molecular weight is 444 g/mol. The number of carbonyl (C=O) groups excluding carboxylic acids is 1. The van der Waals surface area contributed by atoms with Gasteiger partial charge >= 0.3 is 0 Å². The number of ether oxygens (including phenoxy) is 2. The number of carbonyl (C=O) groups is 1. The topological polar surface area (TPSA) is 70.2 Å². The summed E-state index contributed by atoms with van der Waals surface area (Å²) in [5.74, 6) is 1.79. The Hall–Kier alpha value is -2.36. The van der Waals surface area contributed by atoms with E-state index < -0.39 is 0 Å². The van der Waals surface area contributed by atoms with Gasteiger partial charge in [-0.1, -0.05) is 17.4 Å². The summed E-state index contributed by atoms with van der Waals surface area (Å²) < 4.78 is 11.4. The lowest BCUT2D eigenvalue weighted by molar-refractivity contribution is 0.0740. The van der Waals surface area contributed by atoms with Crippen LogP contribution in [0.4, 0.5) is 5.13 Å². The zero-order chi connectivity index (χ0) is 21.2. The lowest BCUT2D eigenvalue weighted by Crippen LogP contribution is -2.47. The molecule has 0 spiro atoms. The van der Waals surface area contributed by atoms with Crippen LogP contribution in [0.15, 0.2) is 24.4 Å². The summed E-state index contributed by atoms with van der Waals surface area (Å²) >= 11 is 1.52. The van der Waals surface area contributed by atoms with Crippen LogP contribution < -0.4 is 19.7 Å². The van der Waals surface area contributed by atoms with Crippen molar-refractivity contribution in [3.63, 3.8) is 0 Å². The van der Waals surface area contributed by atoms with E-state index in [0.29, 0.717) is 19.3 Å². The normalized spacial score (nSPS) is 20.5. The number of benzene rings is 1. The first kappa shape index (κ1) is 20.5. The minimum atomic E-state index is 0.108. The Bertz CT molecular complexity index is 922. The van der Waals surface area contributed by atoms with Gasteiger partial charge in [0.25, 0.3) is 5.91 Å². The van der Waals surface area contributed by atoms with E-state index in [-0.39, 0.29) is 5.91 Å². The maximum atomic E-state index is 12.7. The molecular formula is C22H29N5O3S. The van der Waals surface area contributed by atoms with E-state index in [1.54, 1.807) is 6.20 Å². The van der Waals surface area contributed by atoms with Gasteiger partial charge in [0.2, 0.25) is 0 Å². The van der Waals surface area contributed by atoms with Gasteiger partial charge < -0.3 is 24.6 Å². The lowest BCUT2D eigenvalue weighted by Gasteiger charge is -2.38. The summed E-state index contributed by atoms with van der Waals surface area (Å²) in [7, 11) is 0. The van der Waals surface area contributed by atoms with E-state index in [1.165, 1.54) is 16.9 Å². The van der Waals surface area contributed by atoms with Crippen LogP contribution in [-0.2, 0) is 0 Å². The highest BCUT2D eigenvalue weighted by Crippen LogP contribution is 2.34. The highest BCUT2D eigenvalue weighted by molar-refractivity contribution is 7.17. The summed E-state index contributed by atoms with van der Waals surface area (Å²) in [6.07, 6.45) is 1.74. The first-order valence-electron chi connectivity index (χ1n) is 11.0. The third-order valence-corrected chi connectivity index (χ3v) is 7.34. The third-order valence-electron chi connectivity index (χ3n) is 6.29. The van der Waals surface area contributed by atoms with Crippen molar-refractivity contribution in [3.8, 4) is 11.5 Å². The monoisotopic (exact) mass is 443 g/mol. The van der Waals surface area contributed by atoms with Crippen molar-refractivity contribution in [2.75, 3.05) is 70.5 Å². The Morgan fingerprint density at radius 1 is 1.06 bits per heavy atom. The summed E-state index contributed by atoms with van der Waals surface area (Å²) in [6, 6.07) is 6.57. The molecule has 166 valence electrons. The van der Waals surface area contributed by atoms with E-state index in [4.69, 9.17) is 9.47 Å². The zero-order valence-electron chi connectivity index (χ0n) is 17.9. The van der Waals surface area contributed by atoms with E-state index in [0.717, 1.165) is 73.9 Å². The van der Waals surface area contributed by atoms with E-state index >= 15 is 0 Å². The van der Waals surface area contributed by atoms with Crippen LogP contribution in [0.2, 0.25) is 0 Å². The molecule has 5 rings (SSSR count). The molecule has 0 aliphatic carbocycles. The Labute approximate surface area is 186 Å². The third kappa shape index (κ3) is 4.35. The molecule has 8 nitrogen and oxygen atoms in total. The summed E-state index contributed by atoms with van der Waals surface area (Å²) in [5.41, 5.74) is 1.25. The molecule has 2 fully saturated rings. The van der Waals surface area contributed by atoms with Crippen molar-refractivity contribution in [3.05, 3.63) is 34.8 Å². The number of hydrogen-bond acceptors (Lipinski definition) is 8. The van der Waals surface area contributed by atoms with Crippen molar-refractivity contribution >= 4 is 22.4 Å². The Morgan fingerprint density at radius 3 is 2.58 bits per heavy atom. The zero-order valence-corrected chi connectivity index (χ0v) is 18.7. The molecule has 1 aromatic carbocycles. The Morgan fingerprint density at radius 2 is 1.81 bits per heavy atom. The molecule has 3 aliphatic rings. The fraction of sp³-hybridized carbons (Fsp3) is 0.545. The molecule has 0 bridgehead atoms. The van der Waals surface area contributed by atoms with E-state index in [9.17, 15) is 4.79 Å². The van der Waals surface area contributed by atoms with Gasteiger partial charge in [-0.2, -0.15) is 0 Å². The molecule has 31 heavy (non-hydrogen) atoms. The van der Waals surface area contributed by atoms with E-state index in [2.05, 4.69) is 39.2 Å². The molecule has 1 aromatic heterocycles. The summed E-state index contributed by atoms with van der Waals surface area (Å²) in [4.78, 5) is 24.7. The summed E-state index contributed by atoms with van der Waals surface area (Å²) in [6.45, 7) is 10.4. The van der Waals surface area contributed by atoms with Crippen LogP contribution in [-0.4, -0.2) is 86.3 Å². The standard InChI is InChI=1S/C22H29N5O3S/c1-16(17-2-3-18-19(14-17)30-13-12-29-18)25-8-10-27(11-9-25)22-24-15-20(31-22)21(28)26-6-4-23-5-7-26/h2-3,14-16,23H,4-13H2,1H3/t16-/m0/s1. The van der Waals surface area contributed by atoms with Crippen molar-refractivity contribution < 1.29 is 14.3 Å². The summed E-state index contributed by atoms with van der Waals surface area (Å²) in [5, 5.41) is 4.23. The van der Waals surface area contributed by atoms with Crippen LogP contribution in [0, 0.1) is 0 Å². The molecule has 1 atom stereocenters. The number of nitrogens with one attached hydrogen (secondary N) is 1. The highest BCUT2D eigenvalue weighted by atomic mass is 32.1. The molecule has 1 N–H and O–H groups in total. The molecule has 3 aliphatic heterocycles. The van der Waals surface area contributed by atoms with Gasteiger partial charge in [-0.05, 0) is 24.6 Å². The molecule has 0 radical (unpaired) electrons. The Kier molecular flexibility index (Phi) is 5.97. The quantitative estimate of drug-likeness (QED) is 0.773. The van der Waals surface area contributed by atoms with Crippen molar-refractivity contribution in [1.29, 1.82) is 0 Å². The number of nitrogens with zero attached hydrogens (tertiary/aromatic N) is 4. The number of aromatic nitrogens is 1. The first-order chi connectivity index (χ1) is 15.2. The number of thiazole rings is 1. The average Bonchev–Trinajstić information content (AvgIpc) is 3.34. The van der Waals surface area contributed by atoms with Gasteiger partial charge in [-0.25, -0.2) is 4.98 Å². The van der Waals surface area contributed by atoms with Crippen LogP contribution in [0.3, 0.4) is 0 Å². The fourth-order valence-electron chi connectivity index (χ4n) is 4.36. The van der Waals surface area contributed by atoms with Gasteiger partial charge in [-0.3, -0.25) is 9.69 Å². The number of piperazine rings is 2. The maximum absolute atomic E-state index is 12.7. The van der Waals surface area contributed by atoms with Gasteiger partial charge in [0.05, 0.1) is 6.20 Å². The van der Waals surface area contributed by atoms with Gasteiger partial charge in [0, 0.05) is 58.4 Å². The van der Waals surface area contributed by atoms with Crippen molar-refractivity contribution in [1.82, 2.24) is 20.1 Å². The van der Waals surface area contributed by atoms with Crippen molar-refractivity contribution in [2.24, 2.45) is 0 Å². The second kappa shape index (κ2) is 9.02. The van der Waals surface area contributed by atoms with Crippen LogP contribution in [0.5, 0.6) is 11.5 Å². The Balaban J connectivity index is 1.19. The highest BCUT2D eigenvalue weighted by Gasteiger charge is 2.26. The van der Waals surface area contributed by atoms with Gasteiger partial charge in [-0.15, -0.1) is 0 Å². The minimum absolute atomic E-state index is 0.108. The molecule has 0 saturated carbocycles. The van der Waals surface area contributed by atoms with Gasteiger partial charge in [0.1, 0.15) is 18.1 Å². The fourth-order valence-corrected chi connectivity index (χ4v) is 5.30. The molecule has 2 saturated heterocycles. The number of hydrogen-bond donors (Lipinski definition) is 1. The number of fused-ring (bicyclic) bond motifs is 1. The predicted molar refractivity (Wildman–Crippen MR) is 121 cm³/mol. The molecular weight excluding hydrogens is 414 g/mol. The van der Waals surface area contributed by atoms with Crippen LogP contribution in [0.25, 0.3) is 0 Å². The van der Waals surface area contributed by atoms with E-state index in [1.807, 2.05) is 11.0 Å². The number of rotatable bonds is 4. The molecule has 1 amide bonds. The minimum Gasteiger partial charge on any atom is -0.486 e.